The normalized spacial score (nSPS) is 32.4. The Labute approximate surface area is 189 Å². The van der Waals surface area contributed by atoms with Crippen molar-refractivity contribution in [1.29, 1.82) is 0 Å². The average molecular weight is 437 g/mol. The van der Waals surface area contributed by atoms with Crippen LogP contribution in [0.25, 0.3) is 11.1 Å². The molecular formula is C27H33FN2O2. The number of cyclic esters (lactones) is 1. The summed E-state index contributed by atoms with van der Waals surface area (Å²) in [7, 11) is 0. The van der Waals surface area contributed by atoms with Crippen LogP contribution in [-0.4, -0.2) is 23.1 Å². The van der Waals surface area contributed by atoms with Crippen molar-refractivity contribution < 1.29 is 13.9 Å². The van der Waals surface area contributed by atoms with Gasteiger partial charge in [0.1, 0.15) is 12.4 Å². The van der Waals surface area contributed by atoms with Crippen molar-refractivity contribution in [2.75, 3.05) is 6.61 Å². The molecule has 1 aromatic carbocycles. The number of fused-ring (bicyclic) bond motifs is 3. The number of ether oxygens (including phenoxy) is 1. The van der Waals surface area contributed by atoms with Crippen LogP contribution in [0.3, 0.4) is 0 Å². The Morgan fingerprint density at radius 2 is 1.97 bits per heavy atom. The summed E-state index contributed by atoms with van der Waals surface area (Å²) in [6, 6.07) is 10.7. The summed E-state index contributed by atoms with van der Waals surface area (Å²) in [6.45, 7) is 0.349. The number of hydrogen-bond donors (Lipinski definition) is 1. The fourth-order valence-electron chi connectivity index (χ4n) is 6.58. The van der Waals surface area contributed by atoms with Crippen LogP contribution in [-0.2, 0) is 16.0 Å². The van der Waals surface area contributed by atoms with Gasteiger partial charge in [-0.3, -0.25) is 9.78 Å². The van der Waals surface area contributed by atoms with Crippen molar-refractivity contribution in [3.8, 4) is 11.1 Å². The monoisotopic (exact) mass is 436 g/mol. The first-order chi connectivity index (χ1) is 15.5. The van der Waals surface area contributed by atoms with Crippen molar-refractivity contribution in [2.45, 2.75) is 63.3 Å². The van der Waals surface area contributed by atoms with E-state index in [4.69, 9.17) is 10.5 Å². The number of nitrogens with two attached hydrogens (primary N) is 1. The molecule has 1 aromatic heterocycles. The molecule has 32 heavy (non-hydrogen) atoms. The number of nitrogens with zero attached hydrogens (tertiary/aromatic N) is 1. The van der Waals surface area contributed by atoms with E-state index in [0.717, 1.165) is 48.9 Å². The molecule has 3 aliphatic rings. The van der Waals surface area contributed by atoms with Gasteiger partial charge in [0.15, 0.2) is 0 Å². The molecule has 3 unspecified atom stereocenters. The fourth-order valence-corrected chi connectivity index (χ4v) is 6.58. The van der Waals surface area contributed by atoms with Crippen molar-refractivity contribution in [2.24, 2.45) is 29.4 Å². The van der Waals surface area contributed by atoms with Crippen LogP contribution in [0.2, 0.25) is 0 Å². The molecule has 1 saturated heterocycles. The molecule has 2 saturated carbocycles. The Kier molecular flexibility index (Phi) is 6.02. The first-order valence-electron chi connectivity index (χ1n) is 12.2. The van der Waals surface area contributed by atoms with Crippen LogP contribution in [0, 0.1) is 29.5 Å². The van der Waals surface area contributed by atoms with Crippen LogP contribution < -0.4 is 5.73 Å². The molecule has 0 radical (unpaired) electrons. The third-order valence-corrected chi connectivity index (χ3v) is 8.25. The van der Waals surface area contributed by atoms with E-state index in [-0.39, 0.29) is 17.7 Å². The van der Waals surface area contributed by atoms with Gasteiger partial charge in [0.25, 0.3) is 0 Å². The molecule has 0 spiro atoms. The van der Waals surface area contributed by atoms with Crippen molar-refractivity contribution >= 4 is 5.97 Å². The van der Waals surface area contributed by atoms with E-state index >= 15 is 0 Å². The van der Waals surface area contributed by atoms with E-state index < -0.39 is 5.54 Å². The van der Waals surface area contributed by atoms with Crippen LogP contribution in [0.15, 0.2) is 42.6 Å². The molecule has 2 aromatic rings. The highest BCUT2D eigenvalue weighted by atomic mass is 19.1. The van der Waals surface area contributed by atoms with Gasteiger partial charge in [-0.25, -0.2) is 4.39 Å². The minimum Gasteiger partial charge on any atom is -0.463 e. The van der Waals surface area contributed by atoms with E-state index in [0.29, 0.717) is 24.4 Å². The second kappa shape index (κ2) is 8.93. The number of esters is 1. The zero-order valence-electron chi connectivity index (χ0n) is 18.6. The van der Waals surface area contributed by atoms with Crippen molar-refractivity contribution in [1.82, 2.24) is 4.98 Å². The van der Waals surface area contributed by atoms with Crippen LogP contribution in [0.4, 0.5) is 4.39 Å². The largest absolute Gasteiger partial charge is 0.463 e. The van der Waals surface area contributed by atoms with E-state index in [1.54, 1.807) is 6.07 Å². The predicted octanol–water partition coefficient (Wildman–Crippen LogP) is 5.30. The third-order valence-electron chi connectivity index (χ3n) is 8.25. The molecule has 2 bridgehead atoms. The standard InChI is InChI=1S/C27H33FN2O2/c28-22-6-3-5-19(14-22)21-10-11-23(30-16-21)12-13-25-24-7-2-1-4-18(24)8-9-20-15-27(25,29)17-32-26(20)31/h3,5-6,10-11,14,16,18,20,24-25H,1-2,4,7-9,12-13,15,17,29H2/t18?,20-,24?,25?,27+/m0/s1. The zero-order valence-corrected chi connectivity index (χ0v) is 18.6. The Bertz CT molecular complexity index is 962. The van der Waals surface area contributed by atoms with Gasteiger partial charge < -0.3 is 10.5 Å². The summed E-state index contributed by atoms with van der Waals surface area (Å²) in [5.41, 5.74) is 9.39. The maximum Gasteiger partial charge on any atom is 0.309 e. The van der Waals surface area contributed by atoms with E-state index in [1.165, 1.54) is 37.8 Å². The highest BCUT2D eigenvalue weighted by Crippen LogP contribution is 2.48. The molecule has 5 rings (SSSR count). The van der Waals surface area contributed by atoms with Gasteiger partial charge >= 0.3 is 5.97 Å². The Balaban J connectivity index is 1.34. The smallest absolute Gasteiger partial charge is 0.309 e. The van der Waals surface area contributed by atoms with E-state index in [9.17, 15) is 9.18 Å². The number of halogens is 1. The second-order valence-corrected chi connectivity index (χ2v) is 10.2. The van der Waals surface area contributed by atoms with Crippen LogP contribution >= 0.6 is 0 Å². The zero-order chi connectivity index (χ0) is 22.1. The summed E-state index contributed by atoms with van der Waals surface area (Å²) in [5.74, 6) is 1.30. The Morgan fingerprint density at radius 1 is 1.09 bits per heavy atom. The Hall–Kier alpha value is -2.27. The molecule has 4 nitrogen and oxygen atoms in total. The number of aryl methyl sites for hydroxylation is 1. The minimum absolute atomic E-state index is 0.0391. The van der Waals surface area contributed by atoms with Crippen LogP contribution in [0.1, 0.15) is 57.1 Å². The molecular weight excluding hydrogens is 403 g/mol. The van der Waals surface area contributed by atoms with Gasteiger partial charge in [0, 0.05) is 17.5 Å². The molecule has 5 atom stereocenters. The summed E-state index contributed by atoms with van der Waals surface area (Å²) in [4.78, 5) is 17.0. The predicted molar refractivity (Wildman–Crippen MR) is 122 cm³/mol. The maximum absolute atomic E-state index is 13.6. The number of carbonyl (C=O) groups is 1. The molecule has 170 valence electrons. The average Bonchev–Trinajstić information content (AvgIpc) is 2.80. The number of hydrogen-bond acceptors (Lipinski definition) is 4. The van der Waals surface area contributed by atoms with E-state index in [1.807, 2.05) is 18.3 Å². The van der Waals surface area contributed by atoms with Gasteiger partial charge in [-0.05, 0) is 80.0 Å². The molecule has 5 heteroatoms. The molecule has 1 aliphatic heterocycles. The Morgan fingerprint density at radius 3 is 2.78 bits per heavy atom. The lowest BCUT2D eigenvalue weighted by atomic mass is 9.59. The highest BCUT2D eigenvalue weighted by molar-refractivity contribution is 5.73. The lowest BCUT2D eigenvalue weighted by Gasteiger charge is -2.51. The number of aromatic nitrogens is 1. The SMILES string of the molecule is N[C@]12COC(=O)[C@@H](CCC3CCCCC3C1CCc1ccc(-c3cccc(F)c3)cn1)C2. The van der Waals surface area contributed by atoms with Gasteiger partial charge in [0.05, 0.1) is 11.5 Å². The van der Waals surface area contributed by atoms with Crippen molar-refractivity contribution in [3.05, 3.63) is 54.1 Å². The van der Waals surface area contributed by atoms with Gasteiger partial charge in [-0.2, -0.15) is 0 Å². The molecule has 2 heterocycles. The molecule has 0 amide bonds. The van der Waals surface area contributed by atoms with Gasteiger partial charge in [0.2, 0.25) is 0 Å². The summed E-state index contributed by atoms with van der Waals surface area (Å²) in [5, 5.41) is 0. The molecule has 3 fully saturated rings. The lowest BCUT2D eigenvalue weighted by Crippen LogP contribution is -2.60. The summed E-state index contributed by atoms with van der Waals surface area (Å²) in [6.07, 6.45) is 11.5. The highest BCUT2D eigenvalue weighted by Gasteiger charge is 2.50. The molecule has 2 aliphatic carbocycles. The number of benzene rings is 1. The number of carbonyl (C=O) groups excluding carboxylic acids is 1. The summed E-state index contributed by atoms with van der Waals surface area (Å²) < 4.78 is 19.2. The fraction of sp³-hybridized carbons (Fsp3) is 0.556. The van der Waals surface area contributed by atoms with Gasteiger partial charge in [-0.15, -0.1) is 0 Å². The van der Waals surface area contributed by atoms with Gasteiger partial charge in [-0.1, -0.05) is 37.5 Å². The lowest BCUT2D eigenvalue weighted by molar-refractivity contribution is -0.163. The number of pyridine rings is 1. The van der Waals surface area contributed by atoms with Crippen molar-refractivity contribution in [3.63, 3.8) is 0 Å². The topological polar surface area (TPSA) is 65.2 Å². The first-order valence-corrected chi connectivity index (χ1v) is 12.2. The second-order valence-electron chi connectivity index (χ2n) is 10.2. The first kappa shape index (κ1) is 21.6. The minimum atomic E-state index is -0.430. The maximum atomic E-state index is 13.6. The quantitative estimate of drug-likeness (QED) is 0.661. The third kappa shape index (κ3) is 4.32. The van der Waals surface area contributed by atoms with Crippen LogP contribution in [0.5, 0.6) is 0 Å². The summed E-state index contributed by atoms with van der Waals surface area (Å²) >= 11 is 0. The molecule has 2 N–H and O–H groups in total. The van der Waals surface area contributed by atoms with E-state index in [2.05, 4.69) is 11.1 Å². The number of rotatable bonds is 4.